The van der Waals surface area contributed by atoms with E-state index in [1.165, 1.54) is 24.3 Å². The van der Waals surface area contributed by atoms with Crippen LogP contribution in [0.15, 0.2) is 54.6 Å². The molecule has 1 aliphatic carbocycles. The molecule has 0 saturated carbocycles. The minimum absolute atomic E-state index is 0.0757. The molecular formula is C24H17NO6. The first-order valence-electron chi connectivity index (χ1n) is 9.92. The van der Waals surface area contributed by atoms with E-state index in [0.29, 0.717) is 17.7 Å². The molecule has 3 aromatic carbocycles. The number of nitrogens with zero attached hydrogens (tertiary/aromatic N) is 1. The lowest BCUT2D eigenvalue weighted by Gasteiger charge is -2.24. The van der Waals surface area contributed by atoms with E-state index < -0.39 is 10.9 Å². The van der Waals surface area contributed by atoms with E-state index in [-0.39, 0.29) is 23.8 Å². The number of nitro groups is 1. The fraction of sp³-hybridized carbons (Fsp3) is 0.167. The lowest BCUT2D eigenvalue weighted by atomic mass is 9.86. The van der Waals surface area contributed by atoms with E-state index in [4.69, 9.17) is 9.47 Å². The smallest absolute Gasteiger partial charge is 0.343 e. The average molecular weight is 415 g/mol. The topological polar surface area (TPSA) is 95.7 Å². The monoisotopic (exact) mass is 415 g/mol. The van der Waals surface area contributed by atoms with Gasteiger partial charge in [-0.05, 0) is 65.9 Å². The second-order valence-corrected chi connectivity index (χ2v) is 7.58. The molecule has 3 aromatic rings. The Balaban J connectivity index is 1.42. The first kappa shape index (κ1) is 19.0. The van der Waals surface area contributed by atoms with Gasteiger partial charge < -0.3 is 9.47 Å². The van der Waals surface area contributed by atoms with Crippen LogP contribution in [0.2, 0.25) is 0 Å². The SMILES string of the molecule is O=C(Oc1ccc([N+](=O)[O-])cc1)c1ccc2c(c1)COc1cc3c(cc1-2)CCCC3=O. The van der Waals surface area contributed by atoms with Gasteiger partial charge in [0.1, 0.15) is 18.1 Å². The fourth-order valence-electron chi connectivity index (χ4n) is 4.06. The molecule has 0 fully saturated rings. The quantitative estimate of drug-likeness (QED) is 0.261. The summed E-state index contributed by atoms with van der Waals surface area (Å²) in [6.07, 6.45) is 2.29. The summed E-state index contributed by atoms with van der Waals surface area (Å²) in [6, 6.07) is 14.5. The van der Waals surface area contributed by atoms with Gasteiger partial charge in [0.25, 0.3) is 5.69 Å². The Morgan fingerprint density at radius 1 is 0.935 bits per heavy atom. The van der Waals surface area contributed by atoms with Gasteiger partial charge in [0.15, 0.2) is 5.78 Å². The van der Waals surface area contributed by atoms with Crippen LogP contribution in [0.1, 0.15) is 44.7 Å². The van der Waals surface area contributed by atoms with E-state index in [0.717, 1.165) is 40.7 Å². The van der Waals surface area contributed by atoms with Gasteiger partial charge in [-0.15, -0.1) is 0 Å². The lowest BCUT2D eigenvalue weighted by Crippen LogP contribution is -2.14. The maximum atomic E-state index is 12.6. The van der Waals surface area contributed by atoms with Crippen LogP contribution >= 0.6 is 0 Å². The number of benzene rings is 3. The van der Waals surface area contributed by atoms with Crippen molar-refractivity contribution in [2.45, 2.75) is 25.9 Å². The second kappa shape index (κ2) is 7.36. The Hall–Kier alpha value is -4.00. The maximum absolute atomic E-state index is 12.6. The van der Waals surface area contributed by atoms with Crippen LogP contribution in [0, 0.1) is 10.1 Å². The number of esters is 1. The number of aryl methyl sites for hydroxylation is 1. The van der Waals surface area contributed by atoms with Crippen LogP contribution in [0.5, 0.6) is 11.5 Å². The average Bonchev–Trinajstić information content (AvgIpc) is 2.78. The number of ether oxygens (including phenoxy) is 2. The normalized spacial score (nSPS) is 14.0. The summed E-state index contributed by atoms with van der Waals surface area (Å²) < 4.78 is 11.2. The maximum Gasteiger partial charge on any atom is 0.343 e. The van der Waals surface area contributed by atoms with E-state index in [1.807, 2.05) is 18.2 Å². The van der Waals surface area contributed by atoms with Crippen molar-refractivity contribution in [3.05, 3.63) is 87.0 Å². The Morgan fingerprint density at radius 3 is 2.52 bits per heavy atom. The van der Waals surface area contributed by atoms with Crippen molar-refractivity contribution in [3.8, 4) is 22.6 Å². The molecule has 0 radical (unpaired) electrons. The van der Waals surface area contributed by atoms with Gasteiger partial charge in [0.05, 0.1) is 10.5 Å². The van der Waals surface area contributed by atoms with Crippen molar-refractivity contribution < 1.29 is 24.0 Å². The third-order valence-corrected chi connectivity index (χ3v) is 5.63. The Bertz CT molecular complexity index is 1250. The van der Waals surface area contributed by atoms with Crippen molar-refractivity contribution >= 4 is 17.4 Å². The molecule has 0 N–H and O–H groups in total. The van der Waals surface area contributed by atoms with Crippen LogP contribution in [0.4, 0.5) is 5.69 Å². The number of rotatable bonds is 3. The van der Waals surface area contributed by atoms with Gasteiger partial charge in [-0.3, -0.25) is 14.9 Å². The molecule has 1 aliphatic heterocycles. The molecule has 7 heteroatoms. The molecule has 7 nitrogen and oxygen atoms in total. The fourth-order valence-corrected chi connectivity index (χ4v) is 4.06. The highest BCUT2D eigenvalue weighted by Gasteiger charge is 2.25. The van der Waals surface area contributed by atoms with Crippen molar-refractivity contribution in [3.63, 3.8) is 0 Å². The molecule has 0 amide bonds. The van der Waals surface area contributed by atoms with Gasteiger partial charge in [-0.2, -0.15) is 0 Å². The number of nitro benzene ring substituents is 1. The van der Waals surface area contributed by atoms with E-state index in [9.17, 15) is 19.7 Å². The first-order valence-corrected chi connectivity index (χ1v) is 9.92. The third kappa shape index (κ3) is 3.44. The Morgan fingerprint density at radius 2 is 1.74 bits per heavy atom. The van der Waals surface area contributed by atoms with Crippen molar-refractivity contribution in [1.29, 1.82) is 0 Å². The highest BCUT2D eigenvalue weighted by molar-refractivity contribution is 6.00. The molecule has 154 valence electrons. The molecule has 0 aromatic heterocycles. The highest BCUT2D eigenvalue weighted by Crippen LogP contribution is 2.41. The Labute approximate surface area is 177 Å². The summed E-state index contributed by atoms with van der Waals surface area (Å²) in [6.45, 7) is 0.286. The van der Waals surface area contributed by atoms with Crippen LogP contribution in [0.3, 0.4) is 0 Å². The third-order valence-electron chi connectivity index (χ3n) is 5.63. The van der Waals surface area contributed by atoms with Crippen molar-refractivity contribution in [2.75, 3.05) is 0 Å². The minimum atomic E-state index is -0.557. The summed E-state index contributed by atoms with van der Waals surface area (Å²) in [5.74, 6) is 0.509. The number of non-ortho nitro benzene ring substituents is 1. The molecule has 0 bridgehead atoms. The molecule has 31 heavy (non-hydrogen) atoms. The van der Waals surface area contributed by atoms with Gasteiger partial charge in [-0.1, -0.05) is 6.07 Å². The number of hydrogen-bond donors (Lipinski definition) is 0. The molecule has 2 aliphatic rings. The standard InChI is InChI=1S/C24H17NO6/c26-22-3-1-2-14-11-21-19-9-4-15(10-16(19)13-30-23(21)12-20(14)22)24(27)31-18-7-5-17(6-8-18)25(28)29/h4-12H,1-3,13H2. The van der Waals surface area contributed by atoms with Gasteiger partial charge in [-0.25, -0.2) is 4.79 Å². The summed E-state index contributed by atoms with van der Waals surface area (Å²) >= 11 is 0. The zero-order chi connectivity index (χ0) is 21.5. The zero-order valence-electron chi connectivity index (χ0n) is 16.4. The Kier molecular flexibility index (Phi) is 4.51. The molecule has 0 atom stereocenters. The van der Waals surface area contributed by atoms with Crippen LogP contribution in [0.25, 0.3) is 11.1 Å². The van der Waals surface area contributed by atoms with E-state index in [1.54, 1.807) is 12.1 Å². The number of Topliss-reactive ketones (excluding diaryl/α,β-unsaturated/α-hetero) is 1. The predicted octanol–water partition coefficient (Wildman–Crippen LogP) is 4.89. The number of fused-ring (bicyclic) bond motifs is 4. The largest absolute Gasteiger partial charge is 0.488 e. The number of carbonyl (C=O) groups excluding carboxylic acids is 2. The van der Waals surface area contributed by atoms with E-state index in [2.05, 4.69) is 0 Å². The molecule has 0 unspecified atom stereocenters. The van der Waals surface area contributed by atoms with Crippen LogP contribution in [-0.2, 0) is 13.0 Å². The molecular weight excluding hydrogens is 398 g/mol. The van der Waals surface area contributed by atoms with Gasteiger partial charge in [0.2, 0.25) is 0 Å². The number of hydrogen-bond acceptors (Lipinski definition) is 6. The molecule has 1 heterocycles. The lowest BCUT2D eigenvalue weighted by molar-refractivity contribution is -0.384. The first-order chi connectivity index (χ1) is 15.0. The summed E-state index contributed by atoms with van der Waals surface area (Å²) in [5.41, 5.74) is 4.81. The van der Waals surface area contributed by atoms with Crippen LogP contribution < -0.4 is 9.47 Å². The van der Waals surface area contributed by atoms with Crippen molar-refractivity contribution in [1.82, 2.24) is 0 Å². The summed E-state index contributed by atoms with van der Waals surface area (Å²) in [7, 11) is 0. The van der Waals surface area contributed by atoms with E-state index >= 15 is 0 Å². The second-order valence-electron chi connectivity index (χ2n) is 7.58. The number of ketones is 1. The summed E-state index contributed by atoms with van der Waals surface area (Å²) in [4.78, 5) is 35.0. The predicted molar refractivity (Wildman–Crippen MR) is 112 cm³/mol. The van der Waals surface area contributed by atoms with Crippen molar-refractivity contribution in [2.24, 2.45) is 0 Å². The molecule has 5 rings (SSSR count). The highest BCUT2D eigenvalue weighted by atomic mass is 16.6. The van der Waals surface area contributed by atoms with Crippen LogP contribution in [-0.4, -0.2) is 16.7 Å². The minimum Gasteiger partial charge on any atom is -0.488 e. The van der Waals surface area contributed by atoms with Gasteiger partial charge >= 0.3 is 5.97 Å². The molecule has 0 saturated heterocycles. The van der Waals surface area contributed by atoms with Gasteiger partial charge in [0, 0.05) is 29.7 Å². The number of carbonyl (C=O) groups is 2. The molecule has 0 spiro atoms. The summed E-state index contributed by atoms with van der Waals surface area (Å²) in [5, 5.41) is 10.7. The zero-order valence-corrected chi connectivity index (χ0v) is 16.4.